The quantitative estimate of drug-likeness (QED) is 0.841. The van der Waals surface area contributed by atoms with Crippen LogP contribution in [0.4, 0.5) is 11.6 Å². The van der Waals surface area contributed by atoms with E-state index < -0.39 is 0 Å². The van der Waals surface area contributed by atoms with Gasteiger partial charge in [-0.3, -0.25) is 4.98 Å². The molecule has 0 unspecified atom stereocenters. The molecule has 0 N–H and O–H groups in total. The van der Waals surface area contributed by atoms with Gasteiger partial charge in [-0.25, -0.2) is 9.97 Å². The van der Waals surface area contributed by atoms with Gasteiger partial charge in [-0.1, -0.05) is 0 Å². The van der Waals surface area contributed by atoms with Crippen molar-refractivity contribution in [3.63, 3.8) is 0 Å². The Bertz CT molecular complexity index is 693. The average molecular weight is 294 g/mol. The molecular weight excluding hydrogens is 276 g/mol. The molecular formula is C16H18N6. The number of aromatic nitrogens is 3. The van der Waals surface area contributed by atoms with Gasteiger partial charge in [0.05, 0.1) is 17.5 Å². The number of nitriles is 1. The van der Waals surface area contributed by atoms with E-state index in [1.807, 2.05) is 19.2 Å². The second kappa shape index (κ2) is 6.39. The molecule has 22 heavy (non-hydrogen) atoms. The normalized spacial score (nSPS) is 15.3. The smallest absolute Gasteiger partial charge is 0.147 e. The lowest BCUT2D eigenvalue weighted by Gasteiger charge is -2.23. The van der Waals surface area contributed by atoms with Gasteiger partial charge in [0, 0.05) is 38.6 Å². The molecule has 0 atom stereocenters. The summed E-state index contributed by atoms with van der Waals surface area (Å²) in [4.78, 5) is 17.6. The summed E-state index contributed by atoms with van der Waals surface area (Å²) in [6, 6.07) is 5.84. The first-order valence-electron chi connectivity index (χ1n) is 7.41. The lowest BCUT2D eigenvalue weighted by Crippen LogP contribution is -2.32. The van der Waals surface area contributed by atoms with E-state index in [9.17, 15) is 5.26 Å². The maximum atomic E-state index is 9.23. The Morgan fingerprint density at radius 2 is 1.95 bits per heavy atom. The first-order chi connectivity index (χ1) is 10.8. The summed E-state index contributed by atoms with van der Waals surface area (Å²) >= 11 is 0. The van der Waals surface area contributed by atoms with Crippen molar-refractivity contribution < 1.29 is 0 Å². The zero-order valence-corrected chi connectivity index (χ0v) is 12.6. The highest BCUT2D eigenvalue weighted by atomic mass is 15.3. The highest BCUT2D eigenvalue weighted by molar-refractivity contribution is 5.54. The Morgan fingerprint density at radius 1 is 1.14 bits per heavy atom. The van der Waals surface area contributed by atoms with Crippen LogP contribution in [-0.2, 0) is 0 Å². The number of pyridine rings is 1. The first-order valence-corrected chi connectivity index (χ1v) is 7.41. The highest BCUT2D eigenvalue weighted by Crippen LogP contribution is 2.20. The lowest BCUT2D eigenvalue weighted by atomic mass is 10.2. The molecule has 1 aliphatic rings. The van der Waals surface area contributed by atoms with E-state index in [1.54, 1.807) is 18.5 Å². The van der Waals surface area contributed by atoms with Gasteiger partial charge in [0.25, 0.3) is 0 Å². The van der Waals surface area contributed by atoms with Gasteiger partial charge in [-0.15, -0.1) is 0 Å². The van der Waals surface area contributed by atoms with Gasteiger partial charge in [0.2, 0.25) is 0 Å². The van der Waals surface area contributed by atoms with Gasteiger partial charge in [0.1, 0.15) is 17.7 Å². The Hall–Kier alpha value is -2.68. The molecule has 3 heterocycles. The molecule has 0 radical (unpaired) electrons. The van der Waals surface area contributed by atoms with Crippen molar-refractivity contribution >= 4 is 11.6 Å². The maximum Gasteiger partial charge on any atom is 0.147 e. The van der Waals surface area contributed by atoms with Crippen LogP contribution in [0.5, 0.6) is 0 Å². The summed E-state index contributed by atoms with van der Waals surface area (Å²) < 4.78 is 0. The molecule has 6 nitrogen and oxygen atoms in total. The van der Waals surface area contributed by atoms with Gasteiger partial charge < -0.3 is 9.80 Å². The van der Waals surface area contributed by atoms with E-state index in [1.165, 1.54) is 0 Å². The number of rotatable bonds is 2. The third kappa shape index (κ3) is 2.98. The minimum Gasteiger partial charge on any atom is -0.354 e. The number of anilines is 2. The Kier molecular flexibility index (Phi) is 4.15. The minimum absolute atomic E-state index is 0.631. The summed E-state index contributed by atoms with van der Waals surface area (Å²) in [6.07, 6.45) is 6.31. The van der Waals surface area contributed by atoms with Crippen molar-refractivity contribution in [3.05, 3.63) is 42.0 Å². The Balaban J connectivity index is 1.76. The van der Waals surface area contributed by atoms with Crippen LogP contribution in [-0.4, -0.2) is 41.1 Å². The standard InChI is InChI=1S/C16H18N6/c1-13-11-18-12-15(20-13)21-6-3-7-22(9-8-21)16-14(10-17)4-2-5-19-16/h2,4-5,11-12H,3,6-9H2,1H3. The number of nitrogens with zero attached hydrogens (tertiary/aromatic N) is 6. The second-order valence-corrected chi connectivity index (χ2v) is 5.33. The fourth-order valence-corrected chi connectivity index (χ4v) is 2.70. The molecule has 0 bridgehead atoms. The van der Waals surface area contributed by atoms with Gasteiger partial charge >= 0.3 is 0 Å². The SMILES string of the molecule is Cc1cncc(N2CCCN(c3ncccc3C#N)CC2)n1. The topological polar surface area (TPSA) is 68.9 Å². The van der Waals surface area contributed by atoms with Crippen LogP contribution in [0.15, 0.2) is 30.7 Å². The van der Waals surface area contributed by atoms with Crippen molar-refractivity contribution in [3.8, 4) is 6.07 Å². The van der Waals surface area contributed by atoms with E-state index in [0.29, 0.717) is 5.56 Å². The van der Waals surface area contributed by atoms with Crippen molar-refractivity contribution in [1.29, 1.82) is 5.26 Å². The van der Waals surface area contributed by atoms with Crippen LogP contribution in [0.3, 0.4) is 0 Å². The third-order valence-corrected chi connectivity index (χ3v) is 3.77. The van der Waals surface area contributed by atoms with Gasteiger partial charge in [0.15, 0.2) is 0 Å². The minimum atomic E-state index is 0.631. The van der Waals surface area contributed by atoms with Crippen molar-refractivity contribution in [2.45, 2.75) is 13.3 Å². The largest absolute Gasteiger partial charge is 0.354 e. The van der Waals surface area contributed by atoms with Crippen LogP contribution in [0.1, 0.15) is 17.7 Å². The Labute approximate surface area is 130 Å². The highest BCUT2D eigenvalue weighted by Gasteiger charge is 2.19. The van der Waals surface area contributed by atoms with Gasteiger partial charge in [-0.05, 0) is 25.5 Å². The van der Waals surface area contributed by atoms with E-state index in [4.69, 9.17) is 0 Å². The lowest BCUT2D eigenvalue weighted by molar-refractivity contribution is 0.790. The van der Waals surface area contributed by atoms with Crippen molar-refractivity contribution in [1.82, 2.24) is 15.0 Å². The van der Waals surface area contributed by atoms with E-state index in [0.717, 1.165) is 49.9 Å². The first kappa shape index (κ1) is 14.3. The summed E-state index contributed by atoms with van der Waals surface area (Å²) in [7, 11) is 0. The third-order valence-electron chi connectivity index (χ3n) is 3.77. The fourth-order valence-electron chi connectivity index (χ4n) is 2.70. The molecule has 0 aliphatic carbocycles. The summed E-state index contributed by atoms with van der Waals surface area (Å²) in [5.74, 6) is 1.70. The molecule has 0 amide bonds. The number of hydrogen-bond donors (Lipinski definition) is 0. The summed E-state index contributed by atoms with van der Waals surface area (Å²) in [5, 5.41) is 9.23. The molecule has 0 spiro atoms. The molecule has 2 aromatic heterocycles. The number of aryl methyl sites for hydroxylation is 1. The van der Waals surface area contributed by atoms with Crippen LogP contribution in [0.2, 0.25) is 0 Å². The predicted octanol–water partition coefficient (Wildman–Crippen LogP) is 1.77. The number of hydrogen-bond acceptors (Lipinski definition) is 6. The average Bonchev–Trinajstić information content (AvgIpc) is 2.81. The molecule has 1 fully saturated rings. The second-order valence-electron chi connectivity index (χ2n) is 5.33. The van der Waals surface area contributed by atoms with E-state index in [-0.39, 0.29) is 0 Å². The molecule has 6 heteroatoms. The van der Waals surface area contributed by atoms with E-state index in [2.05, 4.69) is 30.8 Å². The monoisotopic (exact) mass is 294 g/mol. The molecule has 0 aromatic carbocycles. The molecule has 3 rings (SSSR count). The zero-order chi connectivity index (χ0) is 15.4. The zero-order valence-electron chi connectivity index (χ0n) is 12.6. The molecule has 1 saturated heterocycles. The van der Waals surface area contributed by atoms with Crippen molar-refractivity contribution in [2.24, 2.45) is 0 Å². The van der Waals surface area contributed by atoms with Crippen molar-refractivity contribution in [2.75, 3.05) is 36.0 Å². The Morgan fingerprint density at radius 3 is 2.77 bits per heavy atom. The van der Waals surface area contributed by atoms with Crippen LogP contribution >= 0.6 is 0 Å². The van der Waals surface area contributed by atoms with Crippen LogP contribution in [0, 0.1) is 18.3 Å². The fraction of sp³-hybridized carbons (Fsp3) is 0.375. The van der Waals surface area contributed by atoms with Crippen LogP contribution < -0.4 is 9.80 Å². The molecule has 112 valence electrons. The van der Waals surface area contributed by atoms with Gasteiger partial charge in [-0.2, -0.15) is 5.26 Å². The molecule has 1 aliphatic heterocycles. The van der Waals surface area contributed by atoms with Crippen LogP contribution in [0.25, 0.3) is 0 Å². The molecule has 2 aromatic rings. The summed E-state index contributed by atoms with van der Waals surface area (Å²) in [6.45, 7) is 5.44. The summed E-state index contributed by atoms with van der Waals surface area (Å²) in [5.41, 5.74) is 1.56. The maximum absolute atomic E-state index is 9.23. The predicted molar refractivity (Wildman–Crippen MR) is 84.8 cm³/mol. The molecule has 0 saturated carbocycles. The van der Waals surface area contributed by atoms with E-state index >= 15 is 0 Å².